The summed E-state index contributed by atoms with van der Waals surface area (Å²) in [4.78, 5) is 17.8. The van der Waals surface area contributed by atoms with E-state index in [0.29, 0.717) is 29.2 Å². The Hall–Kier alpha value is -2.07. The monoisotopic (exact) mass is 481 g/mol. The van der Waals surface area contributed by atoms with E-state index in [9.17, 15) is 17.6 Å². The number of sulfonamides is 1. The summed E-state index contributed by atoms with van der Waals surface area (Å²) >= 11 is 7.62. The van der Waals surface area contributed by atoms with Crippen LogP contribution in [0.4, 0.5) is 4.39 Å². The van der Waals surface area contributed by atoms with Crippen molar-refractivity contribution in [3.8, 4) is 0 Å². The molecule has 1 fully saturated rings. The molecule has 1 aliphatic heterocycles. The first-order valence-electron chi connectivity index (χ1n) is 9.77. The van der Waals surface area contributed by atoms with Crippen molar-refractivity contribution in [3.05, 3.63) is 57.6 Å². The van der Waals surface area contributed by atoms with E-state index in [2.05, 4.69) is 4.99 Å². The first-order chi connectivity index (χ1) is 14.7. The zero-order valence-corrected chi connectivity index (χ0v) is 19.4. The van der Waals surface area contributed by atoms with Crippen LogP contribution >= 0.6 is 22.9 Å². The van der Waals surface area contributed by atoms with Crippen LogP contribution in [0.5, 0.6) is 0 Å². The van der Waals surface area contributed by atoms with Crippen molar-refractivity contribution in [2.75, 3.05) is 13.1 Å². The molecule has 0 N–H and O–H groups in total. The molecule has 2 aromatic carbocycles. The lowest BCUT2D eigenvalue weighted by Crippen LogP contribution is -2.42. The number of aromatic nitrogens is 1. The van der Waals surface area contributed by atoms with E-state index in [1.165, 1.54) is 27.8 Å². The number of rotatable bonds is 3. The van der Waals surface area contributed by atoms with Gasteiger partial charge in [-0.15, -0.1) is 0 Å². The second-order valence-electron chi connectivity index (χ2n) is 7.57. The third-order valence-corrected chi connectivity index (χ3v) is 8.93. The third kappa shape index (κ3) is 4.19. The Morgan fingerprint density at radius 3 is 2.65 bits per heavy atom. The van der Waals surface area contributed by atoms with Crippen molar-refractivity contribution >= 4 is 49.1 Å². The van der Waals surface area contributed by atoms with Crippen LogP contribution in [0.15, 0.2) is 46.3 Å². The Balaban J connectivity index is 1.61. The molecule has 0 aliphatic carbocycles. The number of amides is 1. The van der Waals surface area contributed by atoms with Gasteiger partial charge in [-0.1, -0.05) is 22.9 Å². The SMILES string of the molecule is Cc1c(Cl)ccc2sc(=NC(=O)C3CCCN(S(=O)(=O)c4ccc(F)cc4)C3)n(C)c12. The van der Waals surface area contributed by atoms with E-state index < -0.39 is 21.8 Å². The zero-order valence-electron chi connectivity index (χ0n) is 17.0. The van der Waals surface area contributed by atoms with Crippen molar-refractivity contribution in [1.29, 1.82) is 0 Å². The second-order valence-corrected chi connectivity index (χ2v) is 10.9. The highest BCUT2D eigenvalue weighted by Gasteiger charge is 2.33. The van der Waals surface area contributed by atoms with Gasteiger partial charge in [-0.05, 0) is 61.7 Å². The highest BCUT2D eigenvalue weighted by Crippen LogP contribution is 2.27. The Morgan fingerprint density at radius 2 is 1.94 bits per heavy atom. The number of aryl methyl sites for hydroxylation is 2. The minimum atomic E-state index is -3.80. The Kier molecular flexibility index (Phi) is 6.04. The molecule has 0 radical (unpaired) electrons. The number of fused-ring (bicyclic) bond motifs is 1. The number of benzene rings is 2. The summed E-state index contributed by atoms with van der Waals surface area (Å²) in [7, 11) is -1.97. The van der Waals surface area contributed by atoms with Crippen molar-refractivity contribution in [3.63, 3.8) is 0 Å². The first kappa shape index (κ1) is 22.1. The van der Waals surface area contributed by atoms with Gasteiger partial charge >= 0.3 is 0 Å². The van der Waals surface area contributed by atoms with Crippen LogP contribution in [0, 0.1) is 18.7 Å². The highest BCUT2D eigenvalue weighted by atomic mass is 35.5. The van der Waals surface area contributed by atoms with Gasteiger partial charge in [0.15, 0.2) is 4.80 Å². The molecule has 10 heteroatoms. The predicted octanol–water partition coefficient (Wildman–Crippen LogP) is 3.87. The summed E-state index contributed by atoms with van der Waals surface area (Å²) in [5.41, 5.74) is 1.84. The van der Waals surface area contributed by atoms with Gasteiger partial charge in [0.05, 0.1) is 21.0 Å². The number of halogens is 2. The topological polar surface area (TPSA) is 71.7 Å². The average molecular weight is 482 g/mol. The molecule has 1 aromatic heterocycles. The first-order valence-corrected chi connectivity index (χ1v) is 12.4. The fourth-order valence-corrected chi connectivity index (χ4v) is 6.57. The van der Waals surface area contributed by atoms with Crippen molar-refractivity contribution in [1.82, 2.24) is 8.87 Å². The molecule has 31 heavy (non-hydrogen) atoms. The molecular weight excluding hydrogens is 461 g/mol. The summed E-state index contributed by atoms with van der Waals surface area (Å²) in [5, 5.41) is 0.646. The van der Waals surface area contributed by atoms with Crippen LogP contribution < -0.4 is 4.80 Å². The number of thiazole rings is 1. The fraction of sp³-hybridized carbons (Fsp3) is 0.333. The quantitative estimate of drug-likeness (QED) is 0.570. The molecule has 1 aliphatic rings. The second kappa shape index (κ2) is 8.46. The number of piperidine rings is 1. The summed E-state index contributed by atoms with van der Waals surface area (Å²) in [6.07, 6.45) is 1.12. The number of nitrogens with zero attached hydrogens (tertiary/aromatic N) is 3. The molecule has 6 nitrogen and oxygen atoms in total. The summed E-state index contributed by atoms with van der Waals surface area (Å²) < 4.78 is 43.1. The van der Waals surface area contributed by atoms with E-state index in [4.69, 9.17) is 11.6 Å². The molecule has 1 atom stereocenters. The van der Waals surface area contributed by atoms with E-state index in [-0.39, 0.29) is 17.3 Å². The summed E-state index contributed by atoms with van der Waals surface area (Å²) in [6.45, 7) is 2.29. The summed E-state index contributed by atoms with van der Waals surface area (Å²) in [6, 6.07) is 8.43. The minimum Gasteiger partial charge on any atom is -0.319 e. The van der Waals surface area contributed by atoms with Gasteiger partial charge in [-0.2, -0.15) is 9.30 Å². The Morgan fingerprint density at radius 1 is 1.23 bits per heavy atom. The molecule has 3 aromatic rings. The lowest BCUT2D eigenvalue weighted by atomic mass is 9.99. The molecule has 2 heterocycles. The Labute approximate surface area is 188 Å². The molecule has 0 saturated carbocycles. The minimum absolute atomic E-state index is 0.0159. The van der Waals surface area contributed by atoms with Gasteiger partial charge in [0, 0.05) is 25.2 Å². The maximum Gasteiger partial charge on any atom is 0.252 e. The zero-order chi connectivity index (χ0) is 22.3. The average Bonchev–Trinajstić information content (AvgIpc) is 3.07. The van der Waals surface area contributed by atoms with Crippen LogP contribution in [0.1, 0.15) is 18.4 Å². The lowest BCUT2D eigenvalue weighted by Gasteiger charge is -2.30. The molecule has 1 saturated heterocycles. The lowest BCUT2D eigenvalue weighted by molar-refractivity contribution is -0.122. The fourth-order valence-electron chi connectivity index (χ4n) is 3.81. The number of hydrogen-bond acceptors (Lipinski definition) is 4. The van der Waals surface area contributed by atoms with Gasteiger partial charge < -0.3 is 4.57 Å². The largest absolute Gasteiger partial charge is 0.319 e. The van der Waals surface area contributed by atoms with Crippen molar-refractivity contribution in [2.45, 2.75) is 24.7 Å². The van der Waals surface area contributed by atoms with Gasteiger partial charge in [0.1, 0.15) is 5.82 Å². The maximum absolute atomic E-state index is 13.2. The number of carbonyl (C=O) groups is 1. The summed E-state index contributed by atoms with van der Waals surface area (Å²) in [5.74, 6) is -1.37. The number of hydrogen-bond donors (Lipinski definition) is 0. The van der Waals surface area contributed by atoms with Crippen molar-refractivity contribution < 1.29 is 17.6 Å². The van der Waals surface area contributed by atoms with Crippen LogP contribution in [0.25, 0.3) is 10.2 Å². The van der Waals surface area contributed by atoms with Crippen LogP contribution in [-0.2, 0) is 21.9 Å². The molecular formula is C21H21ClFN3O3S2. The highest BCUT2D eigenvalue weighted by molar-refractivity contribution is 7.89. The van der Waals surface area contributed by atoms with Gasteiger partial charge in [0.25, 0.3) is 5.91 Å². The molecule has 0 bridgehead atoms. The Bertz CT molecular complexity index is 1330. The number of carbonyl (C=O) groups excluding carboxylic acids is 1. The normalized spacial score (nSPS) is 18.6. The van der Waals surface area contributed by atoms with Crippen LogP contribution in [0.2, 0.25) is 5.02 Å². The van der Waals surface area contributed by atoms with E-state index in [0.717, 1.165) is 27.9 Å². The van der Waals surface area contributed by atoms with Crippen LogP contribution in [-0.4, -0.2) is 36.3 Å². The predicted molar refractivity (Wildman–Crippen MR) is 119 cm³/mol. The van der Waals surface area contributed by atoms with Crippen molar-refractivity contribution in [2.24, 2.45) is 18.0 Å². The van der Waals surface area contributed by atoms with Gasteiger partial charge in [0.2, 0.25) is 10.0 Å². The van der Waals surface area contributed by atoms with E-state index in [1.54, 1.807) is 0 Å². The van der Waals surface area contributed by atoms with E-state index in [1.807, 2.05) is 30.7 Å². The standard InChI is InChI=1S/C21H21ClFN3O3S2/c1-13-17(22)9-10-18-19(13)25(2)21(30-18)24-20(27)14-4-3-11-26(12-14)31(28,29)16-7-5-15(23)6-8-16/h5-10,14H,3-4,11-12H2,1-2H3. The molecule has 0 spiro atoms. The van der Waals surface area contributed by atoms with Gasteiger partial charge in [-0.25, -0.2) is 12.8 Å². The molecule has 164 valence electrons. The third-order valence-electron chi connectivity index (χ3n) is 5.54. The van der Waals surface area contributed by atoms with Gasteiger partial charge in [-0.3, -0.25) is 4.79 Å². The molecule has 1 unspecified atom stereocenters. The van der Waals surface area contributed by atoms with Crippen LogP contribution in [0.3, 0.4) is 0 Å². The molecule has 4 rings (SSSR count). The maximum atomic E-state index is 13.2. The molecule has 1 amide bonds. The van der Waals surface area contributed by atoms with E-state index >= 15 is 0 Å². The smallest absolute Gasteiger partial charge is 0.252 e.